The van der Waals surface area contributed by atoms with Gasteiger partial charge in [0.1, 0.15) is 5.75 Å². The van der Waals surface area contributed by atoms with E-state index in [-0.39, 0.29) is 11.5 Å². The predicted molar refractivity (Wildman–Crippen MR) is 91.9 cm³/mol. The number of aromatic hydroxyl groups is 1. The number of aliphatic hydroxyl groups excluding tert-OH is 1. The second-order valence-electron chi connectivity index (χ2n) is 7.54. The van der Waals surface area contributed by atoms with Gasteiger partial charge in [-0.2, -0.15) is 0 Å². The van der Waals surface area contributed by atoms with Crippen LogP contribution >= 0.6 is 22.6 Å². The average molecular weight is 398 g/mol. The lowest BCUT2D eigenvalue weighted by Gasteiger charge is -2.50. The number of benzene rings is 1. The molecule has 0 aliphatic heterocycles. The number of rotatable bonds is 0. The number of phenolic OH excluding ortho intramolecular Hbond substituents is 1. The van der Waals surface area contributed by atoms with Crippen molar-refractivity contribution in [3.63, 3.8) is 0 Å². The Morgan fingerprint density at radius 2 is 2.10 bits per heavy atom. The number of halogens is 1. The van der Waals surface area contributed by atoms with Gasteiger partial charge in [0.25, 0.3) is 0 Å². The van der Waals surface area contributed by atoms with Crippen molar-refractivity contribution >= 4 is 22.6 Å². The van der Waals surface area contributed by atoms with Gasteiger partial charge in [-0.1, -0.05) is 35.6 Å². The summed E-state index contributed by atoms with van der Waals surface area (Å²) in [5.41, 5.74) is 2.95. The summed E-state index contributed by atoms with van der Waals surface area (Å²) in [4.78, 5) is 0. The van der Waals surface area contributed by atoms with Gasteiger partial charge in [-0.25, -0.2) is 0 Å². The van der Waals surface area contributed by atoms with Crippen molar-refractivity contribution in [3.05, 3.63) is 29.3 Å². The molecule has 3 aliphatic rings. The molecule has 2 saturated carbocycles. The van der Waals surface area contributed by atoms with Crippen LogP contribution in [0, 0.1) is 17.3 Å². The molecule has 2 fully saturated rings. The number of aliphatic hydroxyl groups is 1. The van der Waals surface area contributed by atoms with Gasteiger partial charge in [0.2, 0.25) is 0 Å². The Balaban J connectivity index is 1.71. The van der Waals surface area contributed by atoms with Gasteiger partial charge in [0, 0.05) is 3.92 Å². The lowest BCUT2D eigenvalue weighted by Crippen LogP contribution is -2.44. The van der Waals surface area contributed by atoms with Gasteiger partial charge in [0.05, 0.1) is 6.10 Å². The highest BCUT2D eigenvalue weighted by molar-refractivity contribution is 14.1. The molecule has 1 aromatic rings. The van der Waals surface area contributed by atoms with Crippen LogP contribution in [0.25, 0.3) is 0 Å². The minimum Gasteiger partial charge on any atom is -0.508 e. The lowest BCUT2D eigenvalue weighted by atomic mass is 9.55. The van der Waals surface area contributed by atoms with Crippen molar-refractivity contribution in [1.29, 1.82) is 0 Å². The summed E-state index contributed by atoms with van der Waals surface area (Å²) in [5.74, 6) is 2.42. The van der Waals surface area contributed by atoms with Crippen LogP contribution in [-0.2, 0) is 6.42 Å². The number of aryl methyl sites for hydroxylation is 1. The maximum atomic E-state index is 10.6. The van der Waals surface area contributed by atoms with Crippen molar-refractivity contribution in [2.45, 2.75) is 55.0 Å². The second-order valence-corrected chi connectivity index (χ2v) is 9.14. The van der Waals surface area contributed by atoms with Gasteiger partial charge in [-0.05, 0) is 78.5 Å². The van der Waals surface area contributed by atoms with E-state index in [0.717, 1.165) is 18.8 Å². The van der Waals surface area contributed by atoms with E-state index in [9.17, 15) is 10.2 Å². The zero-order valence-electron chi connectivity index (χ0n) is 12.4. The molecule has 114 valence electrons. The molecule has 2 nitrogen and oxygen atoms in total. The maximum absolute atomic E-state index is 10.6. The van der Waals surface area contributed by atoms with E-state index >= 15 is 0 Å². The fourth-order valence-corrected chi connectivity index (χ4v) is 6.88. The van der Waals surface area contributed by atoms with Gasteiger partial charge in [0.15, 0.2) is 0 Å². The molecular formula is C18H23IO2. The van der Waals surface area contributed by atoms with Crippen molar-refractivity contribution in [2.24, 2.45) is 17.3 Å². The van der Waals surface area contributed by atoms with Crippen LogP contribution in [-0.4, -0.2) is 20.2 Å². The van der Waals surface area contributed by atoms with Crippen molar-refractivity contribution < 1.29 is 10.2 Å². The van der Waals surface area contributed by atoms with Crippen LogP contribution in [0.2, 0.25) is 0 Å². The summed E-state index contributed by atoms with van der Waals surface area (Å²) >= 11 is 2.46. The highest BCUT2D eigenvalue weighted by Crippen LogP contribution is 2.62. The summed E-state index contributed by atoms with van der Waals surface area (Å²) in [6.07, 6.45) is 5.67. The number of hydrogen-bond donors (Lipinski definition) is 2. The summed E-state index contributed by atoms with van der Waals surface area (Å²) in [7, 11) is 0. The quantitative estimate of drug-likeness (QED) is 0.512. The minimum atomic E-state index is -0.134. The van der Waals surface area contributed by atoms with Crippen LogP contribution < -0.4 is 0 Å². The smallest absolute Gasteiger partial charge is 0.115 e. The Bertz CT molecular complexity index is 572. The van der Waals surface area contributed by atoms with Crippen LogP contribution in [0.4, 0.5) is 0 Å². The Labute approximate surface area is 140 Å². The summed E-state index contributed by atoms with van der Waals surface area (Å²) in [5, 5.41) is 20.3. The van der Waals surface area contributed by atoms with E-state index in [4.69, 9.17) is 0 Å². The fourth-order valence-electron chi connectivity index (χ4n) is 5.51. The summed E-state index contributed by atoms with van der Waals surface area (Å²) < 4.78 is 0.414. The van der Waals surface area contributed by atoms with Crippen LogP contribution in [0.1, 0.15) is 49.7 Å². The van der Waals surface area contributed by atoms with Gasteiger partial charge >= 0.3 is 0 Å². The monoisotopic (exact) mass is 398 g/mol. The Morgan fingerprint density at radius 3 is 2.90 bits per heavy atom. The third-order valence-electron chi connectivity index (χ3n) is 6.65. The first-order valence-electron chi connectivity index (χ1n) is 8.14. The zero-order chi connectivity index (χ0) is 14.8. The fraction of sp³-hybridized carbons (Fsp3) is 0.667. The van der Waals surface area contributed by atoms with Gasteiger partial charge < -0.3 is 10.2 Å². The molecule has 6 unspecified atom stereocenters. The molecule has 0 amide bonds. The number of fused-ring (bicyclic) bond motifs is 5. The van der Waals surface area contributed by atoms with Crippen LogP contribution in [0.15, 0.2) is 18.2 Å². The first kappa shape index (κ1) is 14.3. The van der Waals surface area contributed by atoms with E-state index in [0.29, 0.717) is 21.5 Å². The molecule has 0 saturated heterocycles. The lowest BCUT2D eigenvalue weighted by molar-refractivity contribution is -0.0208. The SMILES string of the molecule is CC12CCC3c4ccc(O)cc4CCC3C1CC(I)C2O. The molecule has 4 rings (SSSR count). The largest absolute Gasteiger partial charge is 0.508 e. The molecule has 0 bridgehead atoms. The minimum absolute atomic E-state index is 0.126. The number of phenols is 1. The van der Waals surface area contributed by atoms with E-state index in [1.165, 1.54) is 30.4 Å². The summed E-state index contributed by atoms with van der Waals surface area (Å²) in [6.45, 7) is 2.32. The molecule has 21 heavy (non-hydrogen) atoms. The van der Waals surface area contributed by atoms with Crippen LogP contribution in [0.5, 0.6) is 5.75 Å². The molecule has 0 radical (unpaired) electrons. The molecule has 3 heteroatoms. The first-order chi connectivity index (χ1) is 10.0. The number of alkyl halides is 1. The second kappa shape index (κ2) is 4.85. The van der Waals surface area contributed by atoms with Gasteiger partial charge in [-0.15, -0.1) is 0 Å². The standard InChI is InChI=1S/C18H23IO2/c1-18-7-6-13-12-5-3-11(20)8-10(12)2-4-14(13)15(18)9-16(19)17(18)21/h3,5,8,13-17,20-21H,2,4,6-7,9H2,1H3. The third kappa shape index (κ3) is 1.99. The highest BCUT2D eigenvalue weighted by atomic mass is 127. The van der Waals surface area contributed by atoms with Crippen molar-refractivity contribution in [2.75, 3.05) is 0 Å². The molecule has 3 aliphatic carbocycles. The highest BCUT2D eigenvalue weighted by Gasteiger charge is 2.57. The summed E-state index contributed by atoms with van der Waals surface area (Å²) in [6, 6.07) is 5.96. The molecule has 0 heterocycles. The first-order valence-corrected chi connectivity index (χ1v) is 9.39. The van der Waals surface area contributed by atoms with E-state index in [1.807, 2.05) is 12.1 Å². The number of hydrogen-bond acceptors (Lipinski definition) is 2. The third-order valence-corrected chi connectivity index (χ3v) is 7.83. The molecule has 1 aromatic carbocycles. The van der Waals surface area contributed by atoms with Gasteiger partial charge in [-0.3, -0.25) is 0 Å². The molecule has 2 N–H and O–H groups in total. The van der Waals surface area contributed by atoms with E-state index in [2.05, 4.69) is 35.6 Å². The normalized spacial score (nSPS) is 44.8. The van der Waals surface area contributed by atoms with Crippen LogP contribution in [0.3, 0.4) is 0 Å². The zero-order valence-corrected chi connectivity index (χ0v) is 14.6. The van der Waals surface area contributed by atoms with E-state index in [1.54, 1.807) is 0 Å². The average Bonchev–Trinajstić information content (AvgIpc) is 2.70. The molecule has 6 atom stereocenters. The molecule has 0 spiro atoms. The maximum Gasteiger partial charge on any atom is 0.115 e. The van der Waals surface area contributed by atoms with Crippen molar-refractivity contribution in [1.82, 2.24) is 0 Å². The molecular weight excluding hydrogens is 375 g/mol. The van der Waals surface area contributed by atoms with E-state index < -0.39 is 0 Å². The Hall–Kier alpha value is -0.290. The predicted octanol–water partition coefficient (Wildman–Crippen LogP) is 4.02. The Morgan fingerprint density at radius 1 is 1.29 bits per heavy atom. The topological polar surface area (TPSA) is 40.5 Å². The Kier molecular flexibility index (Phi) is 3.31. The molecule has 0 aromatic heterocycles. The van der Waals surface area contributed by atoms with Crippen molar-refractivity contribution in [3.8, 4) is 5.75 Å².